The fourth-order valence-electron chi connectivity index (χ4n) is 2.32. The molecule has 0 radical (unpaired) electrons. The van der Waals surface area contributed by atoms with Gasteiger partial charge in [-0.15, -0.1) is 0 Å². The third-order valence-electron chi connectivity index (χ3n) is 3.34. The van der Waals surface area contributed by atoms with Gasteiger partial charge in [0.05, 0.1) is 10.4 Å². The maximum atomic E-state index is 11.8. The van der Waals surface area contributed by atoms with Crippen LogP contribution in [0.2, 0.25) is 0 Å². The standard InChI is InChI=1S/C15H15N3O2S/c1-21(19,20)13-8-4-7-12-15(13)18-14(17-12)9-10-5-2-3-6-11(10)16/h2-8H,9,16H2,1H3,(H,17,18). The molecule has 0 aliphatic rings. The minimum atomic E-state index is -3.30. The van der Waals surface area contributed by atoms with E-state index in [-0.39, 0.29) is 4.90 Å². The van der Waals surface area contributed by atoms with E-state index in [4.69, 9.17) is 5.73 Å². The van der Waals surface area contributed by atoms with Crippen LogP contribution in [0.1, 0.15) is 11.4 Å². The Balaban J connectivity index is 2.08. The highest BCUT2D eigenvalue weighted by Gasteiger charge is 2.15. The second kappa shape index (κ2) is 4.89. The molecule has 108 valence electrons. The molecule has 0 saturated heterocycles. The summed E-state index contributed by atoms with van der Waals surface area (Å²) in [7, 11) is -3.30. The van der Waals surface area contributed by atoms with Crippen LogP contribution in [0, 0.1) is 0 Å². The molecule has 1 heterocycles. The number of nitrogens with two attached hydrogens (primary N) is 1. The number of nitrogens with zero attached hydrogens (tertiary/aromatic N) is 1. The van der Waals surface area contributed by atoms with Crippen LogP contribution in [0.5, 0.6) is 0 Å². The summed E-state index contributed by atoms with van der Waals surface area (Å²) in [6, 6.07) is 12.6. The van der Waals surface area contributed by atoms with Crippen LogP contribution in [0.15, 0.2) is 47.4 Å². The molecule has 0 atom stereocenters. The van der Waals surface area contributed by atoms with Gasteiger partial charge in [0.25, 0.3) is 0 Å². The number of H-pyrrole nitrogens is 1. The first-order valence-electron chi connectivity index (χ1n) is 6.46. The van der Waals surface area contributed by atoms with Crippen LogP contribution in [-0.4, -0.2) is 24.6 Å². The molecule has 21 heavy (non-hydrogen) atoms. The summed E-state index contributed by atoms with van der Waals surface area (Å²) in [5.41, 5.74) is 8.76. The summed E-state index contributed by atoms with van der Waals surface area (Å²) in [5.74, 6) is 0.694. The van der Waals surface area contributed by atoms with Gasteiger partial charge in [0.1, 0.15) is 11.3 Å². The number of sulfone groups is 1. The van der Waals surface area contributed by atoms with Crippen molar-refractivity contribution >= 4 is 26.6 Å². The first kappa shape index (κ1) is 13.6. The van der Waals surface area contributed by atoms with Crippen LogP contribution < -0.4 is 5.73 Å². The summed E-state index contributed by atoms with van der Waals surface area (Å²) in [5, 5.41) is 0. The number of fused-ring (bicyclic) bond motifs is 1. The monoisotopic (exact) mass is 301 g/mol. The molecule has 3 rings (SSSR count). The van der Waals surface area contributed by atoms with Gasteiger partial charge in [-0.1, -0.05) is 24.3 Å². The predicted molar refractivity (Wildman–Crippen MR) is 82.9 cm³/mol. The van der Waals surface area contributed by atoms with E-state index in [0.29, 0.717) is 29.0 Å². The summed E-state index contributed by atoms with van der Waals surface area (Å²) in [4.78, 5) is 7.82. The van der Waals surface area contributed by atoms with Crippen molar-refractivity contribution in [1.29, 1.82) is 0 Å². The van der Waals surface area contributed by atoms with E-state index < -0.39 is 9.84 Å². The highest BCUT2D eigenvalue weighted by molar-refractivity contribution is 7.91. The molecule has 6 heteroatoms. The van der Waals surface area contributed by atoms with Crippen molar-refractivity contribution in [1.82, 2.24) is 9.97 Å². The average Bonchev–Trinajstić information content (AvgIpc) is 2.82. The lowest BCUT2D eigenvalue weighted by molar-refractivity contribution is 0.602. The average molecular weight is 301 g/mol. The number of nitrogen functional groups attached to an aromatic ring is 1. The Morgan fingerprint density at radius 1 is 1.14 bits per heavy atom. The number of aromatic amines is 1. The number of benzene rings is 2. The fraction of sp³-hybridized carbons (Fsp3) is 0.133. The molecule has 5 nitrogen and oxygen atoms in total. The van der Waals surface area contributed by atoms with Crippen molar-refractivity contribution in [2.75, 3.05) is 12.0 Å². The van der Waals surface area contributed by atoms with Gasteiger partial charge in [-0.25, -0.2) is 13.4 Å². The molecule has 0 saturated carbocycles. The highest BCUT2D eigenvalue weighted by Crippen LogP contribution is 2.22. The van der Waals surface area contributed by atoms with E-state index in [0.717, 1.165) is 5.56 Å². The number of aromatic nitrogens is 2. The number of nitrogens with one attached hydrogen (secondary N) is 1. The first-order chi connectivity index (χ1) is 9.95. The quantitative estimate of drug-likeness (QED) is 0.725. The molecule has 0 bridgehead atoms. The smallest absolute Gasteiger partial charge is 0.177 e. The summed E-state index contributed by atoms with van der Waals surface area (Å²) in [6.07, 6.45) is 1.72. The van der Waals surface area contributed by atoms with Crippen LogP contribution in [-0.2, 0) is 16.3 Å². The molecule has 0 spiro atoms. The van der Waals surface area contributed by atoms with Gasteiger partial charge in [0, 0.05) is 18.4 Å². The van der Waals surface area contributed by atoms with Crippen LogP contribution >= 0.6 is 0 Å². The van der Waals surface area contributed by atoms with Crippen molar-refractivity contribution < 1.29 is 8.42 Å². The molecule has 0 fully saturated rings. The lowest BCUT2D eigenvalue weighted by Gasteiger charge is -2.02. The van der Waals surface area contributed by atoms with Gasteiger partial charge < -0.3 is 10.7 Å². The SMILES string of the molecule is CS(=O)(=O)c1cccc2[nH]c(Cc3ccccc3N)nc12. The fourth-order valence-corrected chi connectivity index (χ4v) is 3.15. The number of imidazole rings is 1. The van der Waals surface area contributed by atoms with Gasteiger partial charge >= 0.3 is 0 Å². The topological polar surface area (TPSA) is 88.8 Å². The van der Waals surface area contributed by atoms with Crippen molar-refractivity contribution in [2.24, 2.45) is 0 Å². The van der Waals surface area contributed by atoms with Crippen molar-refractivity contribution in [3.63, 3.8) is 0 Å². The van der Waals surface area contributed by atoms with E-state index in [9.17, 15) is 8.42 Å². The molecule has 0 aliphatic carbocycles. The van der Waals surface area contributed by atoms with E-state index >= 15 is 0 Å². The number of rotatable bonds is 3. The van der Waals surface area contributed by atoms with Gasteiger partial charge in [-0.2, -0.15) is 0 Å². The lowest BCUT2D eigenvalue weighted by atomic mass is 10.1. The molecule has 0 amide bonds. The highest BCUT2D eigenvalue weighted by atomic mass is 32.2. The largest absolute Gasteiger partial charge is 0.398 e. The zero-order chi connectivity index (χ0) is 15.0. The zero-order valence-electron chi connectivity index (χ0n) is 11.5. The van der Waals surface area contributed by atoms with E-state index in [1.54, 1.807) is 12.1 Å². The molecule has 1 aromatic heterocycles. The van der Waals surface area contributed by atoms with Crippen molar-refractivity contribution in [3.8, 4) is 0 Å². The second-order valence-electron chi connectivity index (χ2n) is 4.98. The summed E-state index contributed by atoms with van der Waals surface area (Å²) >= 11 is 0. The van der Waals surface area contributed by atoms with E-state index in [1.165, 1.54) is 6.26 Å². The number of para-hydroxylation sites is 2. The molecule has 3 N–H and O–H groups in total. The third kappa shape index (κ3) is 2.62. The van der Waals surface area contributed by atoms with Crippen molar-refractivity contribution in [3.05, 3.63) is 53.9 Å². The molecular formula is C15H15N3O2S. The van der Waals surface area contributed by atoms with Crippen LogP contribution in [0.25, 0.3) is 11.0 Å². The maximum absolute atomic E-state index is 11.8. The molecule has 0 unspecified atom stereocenters. The molecule has 0 aliphatic heterocycles. The van der Waals surface area contributed by atoms with E-state index in [2.05, 4.69) is 9.97 Å². The minimum Gasteiger partial charge on any atom is -0.398 e. The summed E-state index contributed by atoms with van der Waals surface area (Å²) < 4.78 is 23.6. The minimum absolute atomic E-state index is 0.239. The summed E-state index contributed by atoms with van der Waals surface area (Å²) in [6.45, 7) is 0. The Morgan fingerprint density at radius 2 is 1.90 bits per heavy atom. The van der Waals surface area contributed by atoms with E-state index in [1.807, 2.05) is 30.3 Å². The number of hydrogen-bond acceptors (Lipinski definition) is 4. The number of anilines is 1. The van der Waals surface area contributed by atoms with Crippen molar-refractivity contribution in [2.45, 2.75) is 11.3 Å². The molecular weight excluding hydrogens is 286 g/mol. The predicted octanol–water partition coefficient (Wildman–Crippen LogP) is 2.14. The van der Waals surface area contributed by atoms with Gasteiger partial charge in [-0.3, -0.25) is 0 Å². The Bertz CT molecular complexity index is 914. The zero-order valence-corrected chi connectivity index (χ0v) is 12.3. The second-order valence-corrected chi connectivity index (χ2v) is 6.97. The maximum Gasteiger partial charge on any atom is 0.177 e. The first-order valence-corrected chi connectivity index (χ1v) is 8.35. The Labute approximate surface area is 122 Å². The number of hydrogen-bond donors (Lipinski definition) is 2. The third-order valence-corrected chi connectivity index (χ3v) is 4.47. The Morgan fingerprint density at radius 3 is 2.62 bits per heavy atom. The lowest BCUT2D eigenvalue weighted by Crippen LogP contribution is -1.98. The Hall–Kier alpha value is -2.34. The van der Waals surface area contributed by atoms with Gasteiger partial charge in [0.15, 0.2) is 9.84 Å². The van der Waals surface area contributed by atoms with Gasteiger partial charge in [0.2, 0.25) is 0 Å². The van der Waals surface area contributed by atoms with Crippen LogP contribution in [0.3, 0.4) is 0 Å². The molecule has 3 aromatic rings. The van der Waals surface area contributed by atoms with Crippen LogP contribution in [0.4, 0.5) is 5.69 Å². The normalized spacial score (nSPS) is 11.9. The molecule has 2 aromatic carbocycles. The Kier molecular flexibility index (Phi) is 3.17. The van der Waals surface area contributed by atoms with Gasteiger partial charge in [-0.05, 0) is 23.8 Å².